The summed E-state index contributed by atoms with van der Waals surface area (Å²) in [5.41, 5.74) is 6.85. The minimum atomic E-state index is -0.202. The standard InChI is InChI=1S/C17H26ClN3O.ClH/c1-13-11-20(12-17(2,3)19)7-8-21(13)16(22)10-14-5-4-6-15(18)9-14;/h4-6,9,13H,7-8,10-12,19H2,1-3H3;1H. The van der Waals surface area contributed by atoms with Gasteiger partial charge in [-0.25, -0.2) is 0 Å². The molecule has 0 aliphatic carbocycles. The minimum absolute atomic E-state index is 0. The van der Waals surface area contributed by atoms with Crippen molar-refractivity contribution in [3.05, 3.63) is 34.9 Å². The van der Waals surface area contributed by atoms with Crippen LogP contribution in [0, 0.1) is 0 Å². The summed E-state index contributed by atoms with van der Waals surface area (Å²) in [5.74, 6) is 0.168. The lowest BCUT2D eigenvalue weighted by atomic mass is 10.0. The van der Waals surface area contributed by atoms with Crippen molar-refractivity contribution < 1.29 is 4.79 Å². The van der Waals surface area contributed by atoms with E-state index in [2.05, 4.69) is 11.8 Å². The van der Waals surface area contributed by atoms with Gasteiger partial charge in [0.1, 0.15) is 0 Å². The fourth-order valence-electron chi connectivity index (χ4n) is 3.05. The number of halogens is 2. The van der Waals surface area contributed by atoms with E-state index in [9.17, 15) is 4.79 Å². The summed E-state index contributed by atoms with van der Waals surface area (Å²) in [7, 11) is 0. The number of nitrogens with zero attached hydrogens (tertiary/aromatic N) is 2. The van der Waals surface area contributed by atoms with Crippen LogP contribution in [0.4, 0.5) is 0 Å². The smallest absolute Gasteiger partial charge is 0.227 e. The number of piperazine rings is 1. The molecule has 0 bridgehead atoms. The largest absolute Gasteiger partial charge is 0.337 e. The van der Waals surface area contributed by atoms with Crippen LogP contribution in [0.25, 0.3) is 0 Å². The number of carbonyl (C=O) groups is 1. The van der Waals surface area contributed by atoms with Crippen molar-refractivity contribution in [2.45, 2.75) is 38.8 Å². The molecule has 1 heterocycles. The third kappa shape index (κ3) is 6.30. The molecule has 6 heteroatoms. The minimum Gasteiger partial charge on any atom is -0.337 e. The van der Waals surface area contributed by atoms with Crippen molar-refractivity contribution in [1.29, 1.82) is 0 Å². The molecule has 1 saturated heterocycles. The first-order valence-electron chi connectivity index (χ1n) is 7.80. The van der Waals surface area contributed by atoms with Gasteiger partial charge in [0.2, 0.25) is 5.91 Å². The number of nitrogens with two attached hydrogens (primary N) is 1. The van der Waals surface area contributed by atoms with E-state index in [4.69, 9.17) is 17.3 Å². The number of benzene rings is 1. The van der Waals surface area contributed by atoms with Crippen LogP contribution in [0.3, 0.4) is 0 Å². The van der Waals surface area contributed by atoms with Gasteiger partial charge in [-0.3, -0.25) is 9.69 Å². The molecule has 0 saturated carbocycles. The zero-order valence-corrected chi connectivity index (χ0v) is 15.7. The van der Waals surface area contributed by atoms with Gasteiger partial charge < -0.3 is 10.6 Å². The van der Waals surface area contributed by atoms with Crippen LogP contribution in [0.5, 0.6) is 0 Å². The molecule has 1 aliphatic heterocycles. The second kappa shape index (κ2) is 8.34. The predicted molar refractivity (Wildman–Crippen MR) is 98.3 cm³/mol. The highest BCUT2D eigenvalue weighted by Crippen LogP contribution is 2.16. The third-order valence-electron chi connectivity index (χ3n) is 3.91. The molecule has 2 N–H and O–H groups in total. The van der Waals surface area contributed by atoms with Crippen LogP contribution in [0.2, 0.25) is 5.02 Å². The maximum atomic E-state index is 12.5. The monoisotopic (exact) mass is 359 g/mol. The fourth-order valence-corrected chi connectivity index (χ4v) is 3.26. The molecule has 1 unspecified atom stereocenters. The zero-order valence-electron chi connectivity index (χ0n) is 14.1. The highest BCUT2D eigenvalue weighted by molar-refractivity contribution is 6.30. The molecule has 1 fully saturated rings. The van der Waals surface area contributed by atoms with Gasteiger partial charge >= 0.3 is 0 Å². The summed E-state index contributed by atoms with van der Waals surface area (Å²) in [6.07, 6.45) is 0.410. The summed E-state index contributed by atoms with van der Waals surface area (Å²) >= 11 is 5.98. The summed E-state index contributed by atoms with van der Waals surface area (Å²) < 4.78 is 0. The Balaban J connectivity index is 0.00000264. The maximum Gasteiger partial charge on any atom is 0.227 e. The second-order valence-corrected chi connectivity index (χ2v) is 7.40. The van der Waals surface area contributed by atoms with E-state index in [1.807, 2.05) is 43.0 Å². The van der Waals surface area contributed by atoms with E-state index < -0.39 is 0 Å². The van der Waals surface area contributed by atoms with Gasteiger partial charge in [0.05, 0.1) is 6.42 Å². The topological polar surface area (TPSA) is 49.6 Å². The SMILES string of the molecule is CC1CN(CC(C)(C)N)CCN1C(=O)Cc1cccc(Cl)c1.Cl. The van der Waals surface area contributed by atoms with Crippen molar-refractivity contribution >= 4 is 29.9 Å². The molecule has 0 radical (unpaired) electrons. The van der Waals surface area contributed by atoms with Gasteiger partial charge in [-0.1, -0.05) is 23.7 Å². The lowest BCUT2D eigenvalue weighted by Gasteiger charge is -2.42. The zero-order chi connectivity index (χ0) is 16.3. The quantitative estimate of drug-likeness (QED) is 0.898. The van der Waals surface area contributed by atoms with Crippen LogP contribution in [0.15, 0.2) is 24.3 Å². The highest BCUT2D eigenvalue weighted by Gasteiger charge is 2.29. The maximum absolute atomic E-state index is 12.5. The Morgan fingerprint density at radius 2 is 2.09 bits per heavy atom. The Morgan fingerprint density at radius 3 is 2.65 bits per heavy atom. The van der Waals surface area contributed by atoms with Gasteiger partial charge in [0, 0.05) is 42.8 Å². The first-order valence-corrected chi connectivity index (χ1v) is 8.17. The molecule has 0 spiro atoms. The molecule has 4 nitrogen and oxygen atoms in total. The molecule has 0 aromatic heterocycles. The molecule has 130 valence electrons. The Bertz CT molecular complexity index is 531. The van der Waals surface area contributed by atoms with Crippen LogP contribution in [0.1, 0.15) is 26.3 Å². The lowest BCUT2D eigenvalue weighted by molar-refractivity contribution is -0.135. The van der Waals surface area contributed by atoms with Gasteiger partial charge in [0.15, 0.2) is 0 Å². The van der Waals surface area contributed by atoms with E-state index >= 15 is 0 Å². The van der Waals surface area contributed by atoms with E-state index in [-0.39, 0.29) is 29.9 Å². The molecule has 1 aromatic carbocycles. The van der Waals surface area contributed by atoms with Gasteiger partial charge in [0.25, 0.3) is 0 Å². The van der Waals surface area contributed by atoms with E-state index in [1.54, 1.807) is 0 Å². The summed E-state index contributed by atoms with van der Waals surface area (Å²) in [5, 5.41) is 0.674. The van der Waals surface area contributed by atoms with Crippen molar-refractivity contribution in [2.24, 2.45) is 5.73 Å². The number of rotatable bonds is 4. The Hall–Kier alpha value is -0.810. The summed E-state index contributed by atoms with van der Waals surface area (Å²) in [4.78, 5) is 16.8. The molecule has 1 amide bonds. The molecular weight excluding hydrogens is 333 g/mol. The van der Waals surface area contributed by atoms with E-state index in [0.717, 1.165) is 31.7 Å². The molecule has 1 aromatic rings. The molecular formula is C17H27Cl2N3O. The number of hydrogen-bond acceptors (Lipinski definition) is 3. The average Bonchev–Trinajstić information content (AvgIpc) is 2.36. The van der Waals surface area contributed by atoms with E-state index in [0.29, 0.717) is 11.4 Å². The molecule has 2 rings (SSSR count). The normalized spacial score (nSPS) is 19.3. The van der Waals surface area contributed by atoms with Crippen molar-refractivity contribution in [3.63, 3.8) is 0 Å². The average molecular weight is 360 g/mol. The number of hydrogen-bond donors (Lipinski definition) is 1. The first-order chi connectivity index (χ1) is 10.2. The van der Waals surface area contributed by atoms with Crippen molar-refractivity contribution in [1.82, 2.24) is 9.80 Å². The Morgan fingerprint density at radius 1 is 1.39 bits per heavy atom. The first kappa shape index (κ1) is 20.2. The number of amides is 1. The van der Waals surface area contributed by atoms with Crippen molar-refractivity contribution in [2.75, 3.05) is 26.2 Å². The molecule has 1 aliphatic rings. The van der Waals surface area contributed by atoms with Gasteiger partial charge in [-0.05, 0) is 38.5 Å². The molecule has 23 heavy (non-hydrogen) atoms. The highest BCUT2D eigenvalue weighted by atomic mass is 35.5. The second-order valence-electron chi connectivity index (χ2n) is 6.97. The van der Waals surface area contributed by atoms with Gasteiger partial charge in [-0.15, -0.1) is 12.4 Å². The summed E-state index contributed by atoms with van der Waals surface area (Å²) in [6, 6.07) is 7.72. The Kier molecular flexibility index (Phi) is 7.33. The van der Waals surface area contributed by atoms with Crippen LogP contribution in [-0.4, -0.2) is 53.5 Å². The van der Waals surface area contributed by atoms with Gasteiger partial charge in [-0.2, -0.15) is 0 Å². The third-order valence-corrected chi connectivity index (χ3v) is 4.14. The van der Waals surface area contributed by atoms with Crippen LogP contribution in [-0.2, 0) is 11.2 Å². The van der Waals surface area contributed by atoms with E-state index in [1.165, 1.54) is 0 Å². The fraction of sp³-hybridized carbons (Fsp3) is 0.588. The van der Waals surface area contributed by atoms with Crippen molar-refractivity contribution in [3.8, 4) is 0 Å². The van der Waals surface area contributed by atoms with Crippen LogP contribution < -0.4 is 5.73 Å². The Labute approximate surface area is 150 Å². The predicted octanol–water partition coefficient (Wildman–Crippen LogP) is 2.57. The summed E-state index contributed by atoms with van der Waals surface area (Å²) in [6.45, 7) is 9.55. The van der Waals surface area contributed by atoms with Crippen LogP contribution >= 0.6 is 24.0 Å². The molecule has 1 atom stereocenters. The number of carbonyl (C=O) groups excluding carboxylic acids is 1. The lowest BCUT2D eigenvalue weighted by Crippen LogP contribution is -2.57.